The summed E-state index contributed by atoms with van der Waals surface area (Å²) in [6.07, 6.45) is 2.26. The first-order chi connectivity index (χ1) is 20.9. The number of benzene rings is 1. The highest BCUT2D eigenvalue weighted by Gasteiger charge is 2.32. The lowest BCUT2D eigenvalue weighted by molar-refractivity contribution is -0.155. The van der Waals surface area contributed by atoms with Crippen LogP contribution in [0.25, 0.3) is 0 Å². The molecule has 0 spiro atoms. The van der Waals surface area contributed by atoms with Gasteiger partial charge in [-0.3, -0.25) is 24.0 Å². The number of carbonyl (C=O) groups is 6. The summed E-state index contributed by atoms with van der Waals surface area (Å²) in [5, 5.41) is 17.7. The van der Waals surface area contributed by atoms with Crippen molar-refractivity contribution in [3.05, 3.63) is 42.0 Å². The standard InChI is InChI=1S/C33H47N3O9/c1-19(2)29(35-27(40)14-15-28(41)45-33(5,6)7)25(38)17-22-10-13-26(39)36-30(20(3)4)31(42)34-24(32(43)44-18-22)16-21-8-11-23(37)12-9-21/h8-13,19-20,22,24,29-30,37H,14-18H2,1-7H3,(H,34,42)(H,35,40)(H,36,39)/b13-10+/t22-,24-,29-,30-/m0/s1. The van der Waals surface area contributed by atoms with Gasteiger partial charge >= 0.3 is 11.9 Å². The van der Waals surface area contributed by atoms with Crippen LogP contribution in [0.2, 0.25) is 0 Å². The van der Waals surface area contributed by atoms with Gasteiger partial charge in [0.05, 0.1) is 19.1 Å². The van der Waals surface area contributed by atoms with E-state index in [0.29, 0.717) is 5.56 Å². The number of Topliss-reactive ketones (excluding diaryl/α,β-unsaturated/α-hetero) is 1. The van der Waals surface area contributed by atoms with Crippen LogP contribution in [-0.2, 0) is 44.7 Å². The van der Waals surface area contributed by atoms with E-state index in [2.05, 4.69) is 16.0 Å². The van der Waals surface area contributed by atoms with Crippen LogP contribution >= 0.6 is 0 Å². The molecule has 4 N–H and O–H groups in total. The molecule has 0 aromatic heterocycles. The third kappa shape index (κ3) is 13.1. The van der Waals surface area contributed by atoms with E-state index in [1.54, 1.807) is 60.6 Å². The largest absolute Gasteiger partial charge is 0.508 e. The molecule has 12 nitrogen and oxygen atoms in total. The van der Waals surface area contributed by atoms with Crippen molar-refractivity contribution in [1.82, 2.24) is 16.0 Å². The Labute approximate surface area is 264 Å². The van der Waals surface area contributed by atoms with E-state index in [1.165, 1.54) is 24.3 Å². The van der Waals surface area contributed by atoms with Crippen molar-refractivity contribution in [3.8, 4) is 5.75 Å². The molecule has 4 atom stereocenters. The van der Waals surface area contributed by atoms with Crippen molar-refractivity contribution >= 4 is 35.4 Å². The Kier molecular flexibility index (Phi) is 13.8. The van der Waals surface area contributed by atoms with Crippen LogP contribution in [0.1, 0.15) is 73.3 Å². The number of hydrogen-bond donors (Lipinski definition) is 4. The van der Waals surface area contributed by atoms with Gasteiger partial charge in [-0.25, -0.2) is 4.79 Å². The number of esters is 2. The zero-order chi connectivity index (χ0) is 33.9. The molecule has 0 fully saturated rings. The van der Waals surface area contributed by atoms with Gasteiger partial charge in [0.25, 0.3) is 0 Å². The van der Waals surface area contributed by atoms with Gasteiger partial charge in [0.2, 0.25) is 17.7 Å². The first kappa shape index (κ1) is 37.0. The van der Waals surface area contributed by atoms with E-state index in [4.69, 9.17) is 9.47 Å². The van der Waals surface area contributed by atoms with Crippen molar-refractivity contribution in [2.75, 3.05) is 6.61 Å². The molecule has 248 valence electrons. The van der Waals surface area contributed by atoms with Gasteiger partial charge in [0.15, 0.2) is 5.78 Å². The minimum atomic E-state index is -1.10. The van der Waals surface area contributed by atoms with E-state index in [0.717, 1.165) is 0 Å². The molecular weight excluding hydrogens is 582 g/mol. The zero-order valence-electron chi connectivity index (χ0n) is 27.2. The molecule has 2 rings (SSSR count). The second-order valence-electron chi connectivity index (χ2n) is 13.0. The molecule has 0 radical (unpaired) electrons. The van der Waals surface area contributed by atoms with Crippen molar-refractivity contribution in [3.63, 3.8) is 0 Å². The summed E-state index contributed by atoms with van der Waals surface area (Å²) >= 11 is 0. The van der Waals surface area contributed by atoms with Gasteiger partial charge in [-0.15, -0.1) is 0 Å². The second-order valence-corrected chi connectivity index (χ2v) is 13.0. The van der Waals surface area contributed by atoms with Crippen molar-refractivity contribution in [2.45, 2.75) is 97.9 Å². The van der Waals surface area contributed by atoms with Crippen LogP contribution in [-0.4, -0.2) is 70.9 Å². The predicted octanol–water partition coefficient (Wildman–Crippen LogP) is 2.51. The van der Waals surface area contributed by atoms with Gasteiger partial charge in [-0.2, -0.15) is 0 Å². The number of amides is 3. The smallest absolute Gasteiger partial charge is 0.329 e. The molecule has 1 heterocycles. The molecule has 0 saturated carbocycles. The monoisotopic (exact) mass is 629 g/mol. The van der Waals surface area contributed by atoms with Crippen LogP contribution in [0.4, 0.5) is 0 Å². The molecule has 3 amide bonds. The molecule has 0 bridgehead atoms. The summed E-state index contributed by atoms with van der Waals surface area (Å²) in [5.41, 5.74) is -0.0284. The number of phenols is 1. The zero-order valence-corrected chi connectivity index (χ0v) is 27.2. The fourth-order valence-corrected chi connectivity index (χ4v) is 4.61. The maximum Gasteiger partial charge on any atom is 0.329 e. The molecule has 1 aliphatic heterocycles. The number of ketones is 1. The lowest BCUT2D eigenvalue weighted by Crippen LogP contribution is -2.54. The van der Waals surface area contributed by atoms with Crippen LogP contribution in [0.5, 0.6) is 5.75 Å². The number of phenolic OH excluding ortho intramolecular Hbond substituents is 1. The maximum absolute atomic E-state index is 13.4. The number of nitrogens with one attached hydrogen (secondary N) is 3. The third-order valence-corrected chi connectivity index (χ3v) is 6.95. The maximum atomic E-state index is 13.4. The van der Waals surface area contributed by atoms with Crippen LogP contribution in [0, 0.1) is 17.8 Å². The Hall–Kier alpha value is -4.22. The summed E-state index contributed by atoms with van der Waals surface area (Å²) in [6.45, 7) is 12.0. The molecule has 0 aliphatic carbocycles. The van der Waals surface area contributed by atoms with Gasteiger partial charge in [-0.05, 0) is 56.4 Å². The summed E-state index contributed by atoms with van der Waals surface area (Å²) < 4.78 is 10.8. The summed E-state index contributed by atoms with van der Waals surface area (Å²) in [4.78, 5) is 77.2. The highest BCUT2D eigenvalue weighted by atomic mass is 16.6. The highest BCUT2D eigenvalue weighted by Crippen LogP contribution is 2.17. The van der Waals surface area contributed by atoms with E-state index >= 15 is 0 Å². The molecular formula is C33H47N3O9. The van der Waals surface area contributed by atoms with Crippen molar-refractivity contribution in [1.29, 1.82) is 0 Å². The lowest BCUT2D eigenvalue weighted by Gasteiger charge is -2.26. The molecule has 1 aromatic carbocycles. The number of cyclic esters (lactones) is 1. The minimum Gasteiger partial charge on any atom is -0.508 e. The fourth-order valence-electron chi connectivity index (χ4n) is 4.61. The first-order valence-corrected chi connectivity index (χ1v) is 15.2. The number of rotatable bonds is 11. The molecule has 1 aliphatic rings. The Morgan fingerprint density at radius 3 is 2.24 bits per heavy atom. The second kappa shape index (κ2) is 16.7. The summed E-state index contributed by atoms with van der Waals surface area (Å²) in [6, 6.07) is 3.22. The predicted molar refractivity (Wildman–Crippen MR) is 166 cm³/mol. The van der Waals surface area contributed by atoms with Gasteiger partial charge in [0, 0.05) is 25.2 Å². The topological polar surface area (TPSA) is 177 Å². The Balaban J connectivity index is 2.21. The Morgan fingerprint density at radius 2 is 1.67 bits per heavy atom. The minimum absolute atomic E-state index is 0.0462. The van der Waals surface area contributed by atoms with E-state index < -0.39 is 59.3 Å². The average molecular weight is 630 g/mol. The van der Waals surface area contributed by atoms with Crippen LogP contribution < -0.4 is 16.0 Å². The summed E-state index contributed by atoms with van der Waals surface area (Å²) in [7, 11) is 0. The number of carbonyl (C=O) groups excluding carboxylic acids is 6. The van der Waals surface area contributed by atoms with Gasteiger partial charge in [-0.1, -0.05) is 45.9 Å². The van der Waals surface area contributed by atoms with Crippen LogP contribution in [0.15, 0.2) is 36.4 Å². The molecule has 0 unspecified atom stereocenters. The quantitative estimate of drug-likeness (QED) is 0.268. The Bertz CT molecular complexity index is 1250. The number of ether oxygens (including phenoxy) is 2. The first-order valence-electron chi connectivity index (χ1n) is 15.2. The molecule has 1 aromatic rings. The number of hydrogen-bond acceptors (Lipinski definition) is 9. The molecule has 0 saturated heterocycles. The fraction of sp³-hybridized carbons (Fsp3) is 0.576. The van der Waals surface area contributed by atoms with Crippen LogP contribution in [0.3, 0.4) is 0 Å². The van der Waals surface area contributed by atoms with Gasteiger partial charge in [0.1, 0.15) is 23.4 Å². The van der Waals surface area contributed by atoms with Crippen molar-refractivity contribution in [2.24, 2.45) is 17.8 Å². The third-order valence-electron chi connectivity index (χ3n) is 6.95. The normalized spacial score (nSPS) is 21.0. The number of aromatic hydroxyl groups is 1. The van der Waals surface area contributed by atoms with Crippen molar-refractivity contribution < 1.29 is 43.3 Å². The van der Waals surface area contributed by atoms with E-state index in [-0.39, 0.29) is 55.7 Å². The Morgan fingerprint density at radius 1 is 1.02 bits per heavy atom. The van der Waals surface area contributed by atoms with E-state index in [1.807, 2.05) is 0 Å². The summed E-state index contributed by atoms with van der Waals surface area (Å²) in [5.74, 6) is -4.46. The molecule has 12 heteroatoms. The van der Waals surface area contributed by atoms with E-state index in [9.17, 15) is 33.9 Å². The van der Waals surface area contributed by atoms with Gasteiger partial charge < -0.3 is 30.5 Å². The average Bonchev–Trinajstić information content (AvgIpc) is 2.93. The lowest BCUT2D eigenvalue weighted by atomic mass is 9.92. The highest BCUT2D eigenvalue weighted by molar-refractivity contribution is 5.95. The molecule has 45 heavy (non-hydrogen) atoms. The SMILES string of the molecule is CC(C)[C@H](NC(=O)CCC(=O)OC(C)(C)C)C(=O)C[C@@H]1/C=C/C(=O)N[C@@H](C(C)C)C(=O)N[C@@H](Cc2ccc(O)cc2)C(=O)OC1.